The van der Waals surface area contributed by atoms with Crippen molar-refractivity contribution in [2.75, 3.05) is 0 Å². The van der Waals surface area contributed by atoms with Crippen molar-refractivity contribution in [3.05, 3.63) is 220 Å². The Morgan fingerprint density at radius 3 is 0.892 bits per heavy atom. The zero-order valence-corrected chi connectivity index (χ0v) is 34.0. The van der Waals surface area contributed by atoms with Gasteiger partial charge in [-0.3, -0.25) is 10.1 Å². The number of nitrogens with zero attached hydrogens (tertiary/aromatic N) is 1. The fourth-order valence-electron chi connectivity index (χ4n) is 7.53. The van der Waals surface area contributed by atoms with E-state index < -0.39 is 68.0 Å². The van der Waals surface area contributed by atoms with Crippen molar-refractivity contribution < 1.29 is 61.8 Å². The molecule has 0 saturated heterocycles. The molecule has 0 N–H and O–H groups in total. The van der Waals surface area contributed by atoms with Gasteiger partial charge >= 0.3 is 24.7 Å². The van der Waals surface area contributed by atoms with Crippen molar-refractivity contribution in [3.8, 4) is 0 Å². The van der Waals surface area contributed by atoms with Gasteiger partial charge in [0, 0.05) is 17.7 Å². The van der Waals surface area contributed by atoms with Crippen LogP contribution >= 0.6 is 0 Å². The highest BCUT2D eigenvalue weighted by atomic mass is 32.2. The fourth-order valence-corrected chi connectivity index (χ4v) is 9.99. The van der Waals surface area contributed by atoms with Gasteiger partial charge in [-0.25, -0.2) is 0 Å². The van der Waals surface area contributed by atoms with Crippen LogP contribution in [0, 0.1) is 10.1 Å². The van der Waals surface area contributed by atoms with Crippen LogP contribution in [0.5, 0.6) is 0 Å². The summed E-state index contributed by atoms with van der Waals surface area (Å²) in [6, 6.07) is 38.5. The van der Waals surface area contributed by atoms with Crippen LogP contribution in [-0.2, 0) is 44.6 Å². The Hall–Kier alpha value is -6.69. The highest BCUT2D eigenvalue weighted by Crippen LogP contribution is 2.35. The smallest absolute Gasteiger partial charge is 0.258 e. The molecule has 0 radical (unpaired) electrons. The van der Waals surface area contributed by atoms with Crippen molar-refractivity contribution in [2.45, 2.75) is 40.2 Å². The monoisotopic (exact) mass is 929 g/mol. The number of halogens is 12. The van der Waals surface area contributed by atoms with Crippen LogP contribution in [0.15, 0.2) is 192 Å². The number of hydrogen-bond acceptors (Lipinski definition) is 3. The molecule has 0 aromatic heterocycles. The molecule has 4 nitrogen and oxygen atoms in total. The van der Waals surface area contributed by atoms with Crippen molar-refractivity contribution in [1.29, 1.82) is 0 Å². The first-order valence-electron chi connectivity index (χ1n) is 19.2. The molecule has 0 unspecified atom stereocenters. The van der Waals surface area contributed by atoms with Crippen molar-refractivity contribution in [3.63, 3.8) is 0 Å². The first kappa shape index (κ1) is 47.8. The number of nitro groups is 1. The molecular weight excluding hydrogens is 897 g/mol. The van der Waals surface area contributed by atoms with Crippen LogP contribution in [0.4, 0.5) is 58.4 Å². The van der Waals surface area contributed by atoms with Crippen LogP contribution in [0.25, 0.3) is 0 Å². The average molecular weight is 930 g/mol. The summed E-state index contributed by atoms with van der Waals surface area (Å²) in [6.45, 7) is 0. The van der Waals surface area contributed by atoms with Gasteiger partial charge in [-0.1, -0.05) is 138 Å². The Bertz CT molecular complexity index is 2460. The van der Waals surface area contributed by atoms with E-state index in [1.807, 2.05) is 60.7 Å². The molecule has 0 atom stereocenters. The lowest BCUT2D eigenvalue weighted by molar-refractivity contribution is -0.384. The lowest BCUT2D eigenvalue weighted by Gasteiger charge is -2.44. The molecule has 0 heterocycles. The Balaban J connectivity index is 0.000000247. The maximum atomic E-state index is 13.8. The van der Waals surface area contributed by atoms with Gasteiger partial charge in [0.15, 0.2) is 19.7 Å². The second-order valence-corrected chi connectivity index (χ2v) is 17.3. The normalized spacial score (nSPS) is 12.6. The summed E-state index contributed by atoms with van der Waals surface area (Å²) in [5, 5.41) is 10.8. The van der Waals surface area contributed by atoms with Gasteiger partial charge < -0.3 is 0 Å². The predicted octanol–water partition coefficient (Wildman–Crippen LogP) is 11.9. The van der Waals surface area contributed by atoms with Gasteiger partial charge in [0.2, 0.25) is 0 Å². The third-order valence-corrected chi connectivity index (χ3v) is 13.5. The van der Waals surface area contributed by atoms with Crippen LogP contribution in [0.2, 0.25) is 0 Å². The summed E-state index contributed by atoms with van der Waals surface area (Å²) in [7, 11) is -2.50. The number of rotatable bonds is 9. The third-order valence-electron chi connectivity index (χ3n) is 10.7. The number of hydrogen-bond donors (Lipinski definition) is 0. The molecule has 0 aliphatic rings. The standard InChI is InChI=1S/C28H16BF12.C19H16NO3S/c30-25(31,32)17-1-9-21(10-2-17)29(22-11-3-18(4-12-22)26(33,34)35,23-13-5-19(6-14-23)27(36,37)38)24-15-7-20(8-16-24)28(39,40)41;21-20(22)17-13-11-16(12-14-17)15-24(23,18-7-3-1-4-8-18)19-9-5-2-6-10-19/h1-16H;1-14H,15H2/q-1;+1. The maximum absolute atomic E-state index is 13.8. The Labute approximate surface area is 364 Å². The number of alkyl halides is 12. The van der Waals surface area contributed by atoms with Gasteiger partial charge in [0.05, 0.1) is 27.2 Å². The molecule has 7 rings (SSSR count). The van der Waals surface area contributed by atoms with Gasteiger partial charge in [-0.2, -0.15) is 74.5 Å². The van der Waals surface area contributed by atoms with Crippen LogP contribution in [0.3, 0.4) is 0 Å². The summed E-state index contributed by atoms with van der Waals surface area (Å²) in [6.07, 6.45) is -22.0. The zero-order chi connectivity index (χ0) is 47.4. The molecule has 0 fully saturated rings. The molecule has 336 valence electrons. The van der Waals surface area contributed by atoms with Crippen molar-refractivity contribution in [1.82, 2.24) is 0 Å². The number of nitro benzene ring substituents is 1. The lowest BCUT2D eigenvalue weighted by atomic mass is 9.13. The topological polar surface area (TPSA) is 60.2 Å². The molecule has 0 aliphatic heterocycles. The van der Waals surface area contributed by atoms with Crippen LogP contribution in [0.1, 0.15) is 27.8 Å². The molecule has 7 aromatic rings. The van der Waals surface area contributed by atoms with Gasteiger partial charge in [0.1, 0.15) is 11.9 Å². The van der Waals surface area contributed by atoms with Crippen molar-refractivity contribution in [2.24, 2.45) is 0 Å². The molecule has 0 aliphatic carbocycles. The molecule has 0 bridgehead atoms. The first-order valence-corrected chi connectivity index (χ1v) is 20.9. The Morgan fingerprint density at radius 2 is 0.662 bits per heavy atom. The second-order valence-electron chi connectivity index (χ2n) is 14.7. The van der Waals surface area contributed by atoms with Gasteiger partial charge in [0.25, 0.3) is 5.69 Å². The molecule has 7 aromatic carbocycles. The van der Waals surface area contributed by atoms with Crippen LogP contribution < -0.4 is 21.9 Å². The quantitative estimate of drug-likeness (QED) is 0.0476. The highest BCUT2D eigenvalue weighted by Gasteiger charge is 2.39. The Morgan fingerprint density at radius 1 is 0.400 bits per heavy atom. The van der Waals surface area contributed by atoms with E-state index in [0.717, 1.165) is 63.9 Å². The summed E-state index contributed by atoms with van der Waals surface area (Å²) < 4.78 is 174. The molecular formula is C47H32BF12NO3S. The van der Waals surface area contributed by atoms with E-state index in [0.29, 0.717) is 54.3 Å². The largest absolute Gasteiger partial charge is 0.416 e. The van der Waals surface area contributed by atoms with E-state index in [2.05, 4.69) is 0 Å². The molecule has 0 spiro atoms. The highest BCUT2D eigenvalue weighted by molar-refractivity contribution is 8.02. The molecule has 18 heteroatoms. The number of non-ortho nitro benzene ring substituents is 1. The van der Waals surface area contributed by atoms with E-state index in [4.69, 9.17) is 0 Å². The zero-order valence-electron chi connectivity index (χ0n) is 33.2. The van der Waals surface area contributed by atoms with E-state index in [1.165, 1.54) is 12.1 Å². The molecule has 0 amide bonds. The van der Waals surface area contributed by atoms with E-state index in [9.17, 15) is 67.0 Å². The second kappa shape index (κ2) is 18.4. The van der Waals surface area contributed by atoms with Crippen LogP contribution in [-0.4, -0.2) is 11.1 Å². The van der Waals surface area contributed by atoms with Gasteiger partial charge in [-0.15, -0.1) is 0 Å². The summed E-state index contributed by atoms with van der Waals surface area (Å²) in [4.78, 5) is 11.9. The summed E-state index contributed by atoms with van der Waals surface area (Å²) in [5.41, 5.74) is -3.46. The maximum Gasteiger partial charge on any atom is 0.416 e. The summed E-state index contributed by atoms with van der Waals surface area (Å²) in [5.74, 6) is 0.305. The van der Waals surface area contributed by atoms with E-state index in [1.54, 1.807) is 12.1 Å². The third kappa shape index (κ3) is 10.7. The minimum Gasteiger partial charge on any atom is -0.258 e. The molecule has 65 heavy (non-hydrogen) atoms. The van der Waals surface area contributed by atoms with E-state index >= 15 is 0 Å². The van der Waals surface area contributed by atoms with Gasteiger partial charge in [-0.05, 0) is 36.4 Å². The fraction of sp³-hybridized carbons (Fsp3) is 0.106. The number of benzene rings is 7. The minimum absolute atomic E-state index is 0.0114. The lowest BCUT2D eigenvalue weighted by Crippen LogP contribution is -2.74. The average Bonchev–Trinajstić information content (AvgIpc) is 3.27. The first-order chi connectivity index (χ1) is 30.4. The van der Waals surface area contributed by atoms with Crippen molar-refractivity contribution >= 4 is 43.6 Å². The Kier molecular flexibility index (Phi) is 13.5. The van der Waals surface area contributed by atoms with E-state index in [-0.39, 0.29) is 27.5 Å². The minimum atomic E-state index is -4.77. The SMILES string of the molecule is FC(F)(F)c1ccc([B-](c2ccc(C(F)(F)F)cc2)(c2ccc(C(F)(F)F)cc2)c2ccc(C(F)(F)F)cc2)cc1.O=[N+]([O-])c1ccc(C[S+](=O)(c2ccccc2)c2ccccc2)cc1. The predicted molar refractivity (Wildman–Crippen MR) is 224 cm³/mol. The summed E-state index contributed by atoms with van der Waals surface area (Å²) >= 11 is 0. The molecule has 0 saturated carbocycles.